The van der Waals surface area contributed by atoms with Crippen molar-refractivity contribution in [1.82, 2.24) is 9.36 Å². The summed E-state index contributed by atoms with van der Waals surface area (Å²) in [4.78, 5) is 37.2. The molecule has 3 aromatic rings. The molecule has 2 aromatic carbocycles. The molecule has 0 bridgehead atoms. The standard InChI is InChI=1S/C22H24N4O3S/c1-15-8-7-9-17(12-15)23-19(27)13-30-14-20(28)24-21-16(2)25(3)26(22(21)29)18-10-5-4-6-11-18/h4-12H,13-14H2,1-3H3,(H,23,27)(H,24,28). The first-order valence-corrected chi connectivity index (χ1v) is 10.6. The zero-order chi connectivity index (χ0) is 21.7. The van der Waals surface area contributed by atoms with Crippen LogP contribution in [-0.2, 0) is 16.6 Å². The molecule has 0 radical (unpaired) electrons. The molecule has 1 heterocycles. The van der Waals surface area contributed by atoms with E-state index in [-0.39, 0.29) is 34.6 Å². The molecule has 156 valence electrons. The second-order valence-electron chi connectivity index (χ2n) is 6.90. The van der Waals surface area contributed by atoms with Gasteiger partial charge in [0, 0.05) is 12.7 Å². The van der Waals surface area contributed by atoms with Crippen molar-refractivity contribution in [3.05, 3.63) is 76.2 Å². The average molecular weight is 425 g/mol. The van der Waals surface area contributed by atoms with Crippen LogP contribution in [0.3, 0.4) is 0 Å². The van der Waals surface area contributed by atoms with E-state index in [9.17, 15) is 14.4 Å². The van der Waals surface area contributed by atoms with Crippen molar-refractivity contribution >= 4 is 35.0 Å². The number of amides is 2. The molecule has 0 spiro atoms. The molecule has 0 aliphatic heterocycles. The van der Waals surface area contributed by atoms with E-state index in [1.807, 2.05) is 61.5 Å². The van der Waals surface area contributed by atoms with E-state index in [0.29, 0.717) is 5.69 Å². The van der Waals surface area contributed by atoms with Gasteiger partial charge in [0.15, 0.2) is 0 Å². The number of nitrogens with zero attached hydrogens (tertiary/aromatic N) is 2. The number of nitrogens with one attached hydrogen (secondary N) is 2. The maximum Gasteiger partial charge on any atom is 0.295 e. The highest BCUT2D eigenvalue weighted by atomic mass is 32.2. The minimum atomic E-state index is -0.325. The number of para-hydroxylation sites is 1. The lowest BCUT2D eigenvalue weighted by atomic mass is 10.2. The van der Waals surface area contributed by atoms with Crippen molar-refractivity contribution < 1.29 is 9.59 Å². The summed E-state index contributed by atoms with van der Waals surface area (Å²) in [5.74, 6) is -0.293. The Kier molecular flexibility index (Phi) is 6.79. The summed E-state index contributed by atoms with van der Waals surface area (Å²) in [6, 6.07) is 16.7. The van der Waals surface area contributed by atoms with Crippen LogP contribution in [0, 0.1) is 13.8 Å². The largest absolute Gasteiger partial charge is 0.325 e. The van der Waals surface area contributed by atoms with Crippen LogP contribution in [0.5, 0.6) is 0 Å². The van der Waals surface area contributed by atoms with Gasteiger partial charge < -0.3 is 10.6 Å². The monoisotopic (exact) mass is 424 g/mol. The van der Waals surface area contributed by atoms with Crippen LogP contribution < -0.4 is 16.2 Å². The molecule has 0 aliphatic rings. The molecule has 3 rings (SSSR count). The van der Waals surface area contributed by atoms with E-state index < -0.39 is 0 Å². The quantitative estimate of drug-likeness (QED) is 0.610. The summed E-state index contributed by atoms with van der Waals surface area (Å²) >= 11 is 1.19. The average Bonchev–Trinajstić information content (AvgIpc) is 2.92. The van der Waals surface area contributed by atoms with E-state index >= 15 is 0 Å². The number of aryl methyl sites for hydroxylation is 1. The van der Waals surface area contributed by atoms with Crippen LogP contribution in [0.2, 0.25) is 0 Å². The minimum Gasteiger partial charge on any atom is -0.325 e. The molecule has 1 aromatic heterocycles. The Balaban J connectivity index is 1.58. The topological polar surface area (TPSA) is 85.1 Å². The van der Waals surface area contributed by atoms with Gasteiger partial charge in [0.1, 0.15) is 5.69 Å². The van der Waals surface area contributed by atoms with E-state index in [1.54, 1.807) is 18.7 Å². The number of aromatic nitrogens is 2. The van der Waals surface area contributed by atoms with Crippen molar-refractivity contribution in [1.29, 1.82) is 0 Å². The summed E-state index contributed by atoms with van der Waals surface area (Å²) in [5.41, 5.74) is 3.11. The van der Waals surface area contributed by atoms with E-state index in [0.717, 1.165) is 16.9 Å². The highest BCUT2D eigenvalue weighted by molar-refractivity contribution is 8.00. The fourth-order valence-electron chi connectivity index (χ4n) is 3.04. The van der Waals surface area contributed by atoms with Crippen LogP contribution in [0.15, 0.2) is 59.4 Å². The molecule has 0 saturated carbocycles. The van der Waals surface area contributed by atoms with Crippen LogP contribution in [-0.4, -0.2) is 32.7 Å². The summed E-state index contributed by atoms with van der Waals surface area (Å²) < 4.78 is 3.21. The minimum absolute atomic E-state index is 0.0698. The van der Waals surface area contributed by atoms with Gasteiger partial charge in [-0.15, -0.1) is 11.8 Å². The molecular weight excluding hydrogens is 400 g/mol. The van der Waals surface area contributed by atoms with Gasteiger partial charge in [-0.1, -0.05) is 30.3 Å². The van der Waals surface area contributed by atoms with Gasteiger partial charge in [-0.05, 0) is 43.7 Å². The Morgan fingerprint density at radius 2 is 1.60 bits per heavy atom. The highest BCUT2D eigenvalue weighted by Crippen LogP contribution is 2.15. The van der Waals surface area contributed by atoms with Crippen LogP contribution in [0.4, 0.5) is 11.4 Å². The third-order valence-corrected chi connectivity index (χ3v) is 5.52. The Bertz CT molecular complexity index is 1120. The molecule has 0 fully saturated rings. The van der Waals surface area contributed by atoms with Crippen molar-refractivity contribution in [3.63, 3.8) is 0 Å². The lowest BCUT2D eigenvalue weighted by Crippen LogP contribution is -2.24. The molecule has 2 amide bonds. The van der Waals surface area contributed by atoms with Crippen LogP contribution >= 0.6 is 11.8 Å². The van der Waals surface area contributed by atoms with Crippen molar-refractivity contribution in [2.75, 3.05) is 22.1 Å². The second kappa shape index (κ2) is 9.49. The Labute approximate surface area is 179 Å². The Morgan fingerprint density at radius 3 is 2.27 bits per heavy atom. The molecule has 30 heavy (non-hydrogen) atoms. The number of carbonyl (C=O) groups excluding carboxylic acids is 2. The smallest absolute Gasteiger partial charge is 0.295 e. The van der Waals surface area contributed by atoms with Crippen molar-refractivity contribution in [2.45, 2.75) is 13.8 Å². The van der Waals surface area contributed by atoms with Gasteiger partial charge in [0.2, 0.25) is 11.8 Å². The van der Waals surface area contributed by atoms with Gasteiger partial charge in [0.05, 0.1) is 22.9 Å². The fourth-order valence-corrected chi connectivity index (χ4v) is 3.66. The van der Waals surface area contributed by atoms with Gasteiger partial charge in [-0.25, -0.2) is 4.68 Å². The number of hydrogen-bond donors (Lipinski definition) is 2. The molecule has 0 saturated heterocycles. The summed E-state index contributed by atoms with van der Waals surface area (Å²) in [5, 5.41) is 5.50. The SMILES string of the molecule is Cc1cccc(NC(=O)CSCC(=O)Nc2c(C)n(C)n(-c3ccccc3)c2=O)c1. The molecular formula is C22H24N4O3S. The zero-order valence-electron chi connectivity index (χ0n) is 17.1. The zero-order valence-corrected chi connectivity index (χ0v) is 18.0. The first-order valence-electron chi connectivity index (χ1n) is 9.45. The molecule has 7 nitrogen and oxygen atoms in total. The number of hydrogen-bond acceptors (Lipinski definition) is 4. The lowest BCUT2D eigenvalue weighted by molar-refractivity contribution is -0.114. The van der Waals surface area contributed by atoms with E-state index in [1.165, 1.54) is 16.4 Å². The number of carbonyl (C=O) groups is 2. The van der Waals surface area contributed by atoms with Gasteiger partial charge in [0.25, 0.3) is 5.56 Å². The third-order valence-electron chi connectivity index (χ3n) is 4.59. The first kappa shape index (κ1) is 21.4. The predicted molar refractivity (Wildman–Crippen MR) is 122 cm³/mol. The molecule has 2 N–H and O–H groups in total. The number of rotatable bonds is 7. The maximum absolute atomic E-state index is 12.8. The summed E-state index contributed by atoms with van der Waals surface area (Å²) in [6.45, 7) is 3.73. The van der Waals surface area contributed by atoms with Gasteiger partial charge in [-0.2, -0.15) is 0 Å². The van der Waals surface area contributed by atoms with Gasteiger partial charge >= 0.3 is 0 Å². The molecule has 8 heteroatoms. The highest BCUT2D eigenvalue weighted by Gasteiger charge is 2.18. The number of thioether (sulfide) groups is 1. The molecule has 0 aliphatic carbocycles. The first-order chi connectivity index (χ1) is 14.4. The van der Waals surface area contributed by atoms with Gasteiger partial charge in [-0.3, -0.25) is 19.1 Å². The molecule has 0 unspecified atom stereocenters. The lowest BCUT2D eigenvalue weighted by Gasteiger charge is -2.07. The van der Waals surface area contributed by atoms with Crippen LogP contribution in [0.25, 0.3) is 5.69 Å². The van der Waals surface area contributed by atoms with Crippen molar-refractivity contribution in [2.24, 2.45) is 7.05 Å². The van der Waals surface area contributed by atoms with E-state index in [4.69, 9.17) is 0 Å². The third kappa shape index (κ3) is 5.01. The fraction of sp³-hybridized carbons (Fsp3) is 0.227. The normalized spacial score (nSPS) is 10.6. The Hall–Kier alpha value is -3.26. The molecule has 0 atom stereocenters. The van der Waals surface area contributed by atoms with E-state index in [2.05, 4.69) is 10.6 Å². The summed E-state index contributed by atoms with van der Waals surface area (Å²) in [6.07, 6.45) is 0. The Morgan fingerprint density at radius 1 is 0.933 bits per heavy atom. The predicted octanol–water partition coefficient (Wildman–Crippen LogP) is 3.10. The van der Waals surface area contributed by atoms with Crippen LogP contribution in [0.1, 0.15) is 11.3 Å². The summed E-state index contributed by atoms with van der Waals surface area (Å²) in [7, 11) is 1.77. The maximum atomic E-state index is 12.8. The number of benzene rings is 2. The second-order valence-corrected chi connectivity index (χ2v) is 7.88. The van der Waals surface area contributed by atoms with Crippen molar-refractivity contribution in [3.8, 4) is 5.69 Å². The number of anilines is 2.